The first-order valence-electron chi connectivity index (χ1n) is 6.17. The fourth-order valence-electron chi connectivity index (χ4n) is 1.48. The summed E-state index contributed by atoms with van der Waals surface area (Å²) in [5.41, 5.74) is 8.46. The maximum Gasteiger partial charge on any atom is 0.129 e. The average molecular weight is 260 g/mol. The van der Waals surface area contributed by atoms with E-state index in [9.17, 15) is 0 Å². The molecule has 104 valence electrons. The van der Waals surface area contributed by atoms with Crippen molar-refractivity contribution in [2.75, 3.05) is 13.7 Å². The Morgan fingerprint density at radius 3 is 2.47 bits per heavy atom. The van der Waals surface area contributed by atoms with E-state index < -0.39 is 0 Å². The number of nitrogens with zero attached hydrogens (tertiary/aromatic N) is 1. The molecule has 0 saturated carbocycles. The van der Waals surface area contributed by atoms with Crippen LogP contribution < -0.4 is 5.73 Å². The minimum Gasteiger partial charge on any atom is -0.491 e. The van der Waals surface area contributed by atoms with Crippen molar-refractivity contribution in [2.24, 2.45) is 10.7 Å². The highest BCUT2D eigenvalue weighted by molar-refractivity contribution is 5.74. The van der Waals surface area contributed by atoms with Crippen LogP contribution in [0.1, 0.15) is 11.1 Å². The van der Waals surface area contributed by atoms with Gasteiger partial charge < -0.3 is 10.5 Å². The predicted molar refractivity (Wildman–Crippen MR) is 83.6 cm³/mol. The highest BCUT2D eigenvalue weighted by atomic mass is 16.5. The van der Waals surface area contributed by atoms with Gasteiger partial charge in [0.15, 0.2) is 0 Å². The molecule has 1 rings (SSSR count). The van der Waals surface area contributed by atoms with Gasteiger partial charge in [-0.3, -0.25) is 4.99 Å². The molecule has 3 nitrogen and oxygen atoms in total. The van der Waals surface area contributed by atoms with Gasteiger partial charge in [0.25, 0.3) is 0 Å². The second-order valence-electron chi connectivity index (χ2n) is 4.11. The van der Waals surface area contributed by atoms with Crippen molar-refractivity contribution in [1.29, 1.82) is 0 Å². The average Bonchev–Trinajstić information content (AvgIpc) is 2.42. The molecule has 2 N–H and O–H groups in total. The summed E-state index contributed by atoms with van der Waals surface area (Å²) in [7, 11) is 1.68. The van der Waals surface area contributed by atoms with Crippen LogP contribution in [0.15, 0.2) is 54.8 Å². The third kappa shape index (κ3) is 7.95. The summed E-state index contributed by atoms with van der Waals surface area (Å²) in [5, 5.41) is 0. The third-order valence-corrected chi connectivity index (χ3v) is 2.37. The lowest BCUT2D eigenvalue weighted by Crippen LogP contribution is -2.28. The molecule has 1 aromatic carbocycles. The number of allylic oxidation sites excluding steroid dienone is 1. The van der Waals surface area contributed by atoms with Gasteiger partial charge in [-0.25, -0.2) is 0 Å². The van der Waals surface area contributed by atoms with Crippen LogP contribution in [0.5, 0.6) is 0 Å². The Kier molecular flexibility index (Phi) is 9.10. The van der Waals surface area contributed by atoms with Crippen LogP contribution >= 0.6 is 0 Å². The van der Waals surface area contributed by atoms with E-state index in [2.05, 4.69) is 55.9 Å². The van der Waals surface area contributed by atoms with Crippen LogP contribution in [0.2, 0.25) is 0 Å². The molecule has 0 aromatic heterocycles. The number of aryl methyl sites for hydroxylation is 1. The molecule has 0 amide bonds. The molecule has 0 spiro atoms. The topological polar surface area (TPSA) is 47.6 Å². The molecule has 0 aliphatic carbocycles. The van der Waals surface area contributed by atoms with Gasteiger partial charge >= 0.3 is 0 Å². The number of aliphatic imine (C=N–C) groups is 1. The lowest BCUT2D eigenvalue weighted by Gasteiger charge is -2.13. The van der Waals surface area contributed by atoms with Crippen LogP contribution in [-0.4, -0.2) is 25.9 Å². The van der Waals surface area contributed by atoms with E-state index in [1.807, 2.05) is 0 Å². The summed E-state index contributed by atoms with van der Waals surface area (Å²) in [6.07, 6.45) is 2.38. The first-order valence-corrected chi connectivity index (χ1v) is 6.17. The maximum absolute atomic E-state index is 5.98. The van der Waals surface area contributed by atoms with E-state index in [4.69, 9.17) is 10.5 Å². The molecule has 1 unspecified atom stereocenters. The molecule has 3 heteroatoms. The minimum absolute atomic E-state index is 0.0280. The third-order valence-electron chi connectivity index (χ3n) is 2.37. The zero-order chi connectivity index (χ0) is 14.7. The van der Waals surface area contributed by atoms with Gasteiger partial charge in [-0.2, -0.15) is 0 Å². The Labute approximate surface area is 116 Å². The Bertz CT molecular complexity index is 396. The second kappa shape index (κ2) is 10.1. The fourth-order valence-corrected chi connectivity index (χ4v) is 1.48. The molecule has 0 aliphatic rings. The fraction of sp³-hybridized carbons (Fsp3) is 0.312. The standard InChI is InChI=1S/C14H20N2O.C2H4/c1-11-4-6-13(7-5-11)8-14(15)10-17-12(2)9-16-3;1-2/h4-7,9,14H,2,8,10,15H2,1,3H3;1-2H2. The Morgan fingerprint density at radius 2 is 1.95 bits per heavy atom. The number of rotatable bonds is 6. The van der Waals surface area contributed by atoms with Gasteiger partial charge in [-0.1, -0.05) is 36.4 Å². The van der Waals surface area contributed by atoms with Crippen LogP contribution in [0.4, 0.5) is 0 Å². The summed E-state index contributed by atoms with van der Waals surface area (Å²) in [4.78, 5) is 3.82. The van der Waals surface area contributed by atoms with Crippen molar-refractivity contribution in [3.63, 3.8) is 0 Å². The van der Waals surface area contributed by atoms with Gasteiger partial charge in [-0.15, -0.1) is 13.2 Å². The van der Waals surface area contributed by atoms with Gasteiger partial charge in [0.05, 0.1) is 6.21 Å². The molecule has 1 aromatic rings. The van der Waals surface area contributed by atoms with E-state index in [1.165, 1.54) is 11.1 Å². The van der Waals surface area contributed by atoms with E-state index in [0.29, 0.717) is 12.4 Å². The molecule has 0 heterocycles. The van der Waals surface area contributed by atoms with E-state index in [-0.39, 0.29) is 6.04 Å². The van der Waals surface area contributed by atoms with Crippen molar-refractivity contribution in [3.8, 4) is 0 Å². The number of ether oxygens (including phenoxy) is 1. The first kappa shape index (κ1) is 17.1. The largest absolute Gasteiger partial charge is 0.491 e. The number of hydrogen-bond acceptors (Lipinski definition) is 3. The molecular formula is C16H24N2O. The minimum atomic E-state index is -0.0280. The lowest BCUT2D eigenvalue weighted by molar-refractivity contribution is 0.212. The van der Waals surface area contributed by atoms with E-state index in [0.717, 1.165) is 6.42 Å². The molecule has 0 bridgehead atoms. The number of hydrogen-bond donors (Lipinski definition) is 1. The zero-order valence-electron chi connectivity index (χ0n) is 11.9. The zero-order valence-corrected chi connectivity index (χ0v) is 11.9. The van der Waals surface area contributed by atoms with Crippen molar-refractivity contribution in [1.82, 2.24) is 0 Å². The van der Waals surface area contributed by atoms with Crippen LogP contribution in [0, 0.1) is 6.92 Å². The molecule has 0 saturated heterocycles. The first-order chi connectivity index (χ1) is 9.11. The van der Waals surface area contributed by atoms with Crippen LogP contribution in [-0.2, 0) is 11.2 Å². The number of benzene rings is 1. The van der Waals surface area contributed by atoms with Crippen LogP contribution in [0.25, 0.3) is 0 Å². The predicted octanol–water partition coefficient (Wildman–Crippen LogP) is 2.90. The Morgan fingerprint density at radius 1 is 1.37 bits per heavy atom. The summed E-state index contributed by atoms with van der Waals surface area (Å²) in [6, 6.07) is 8.34. The molecule has 1 atom stereocenters. The molecule has 0 aliphatic heterocycles. The molecule has 0 fully saturated rings. The number of nitrogens with two attached hydrogens (primary N) is 1. The van der Waals surface area contributed by atoms with Crippen LogP contribution in [0.3, 0.4) is 0 Å². The quantitative estimate of drug-likeness (QED) is 0.485. The highest BCUT2D eigenvalue weighted by Crippen LogP contribution is 2.06. The summed E-state index contributed by atoms with van der Waals surface area (Å²) in [6.45, 7) is 12.2. The molecule has 19 heavy (non-hydrogen) atoms. The lowest BCUT2D eigenvalue weighted by atomic mass is 10.1. The Hall–Kier alpha value is -1.87. The second-order valence-corrected chi connectivity index (χ2v) is 4.11. The molecule has 0 radical (unpaired) electrons. The maximum atomic E-state index is 5.98. The van der Waals surface area contributed by atoms with Gasteiger partial charge in [0, 0.05) is 13.1 Å². The summed E-state index contributed by atoms with van der Waals surface area (Å²) < 4.78 is 5.37. The van der Waals surface area contributed by atoms with Gasteiger partial charge in [0.2, 0.25) is 0 Å². The van der Waals surface area contributed by atoms with Gasteiger partial charge in [0.1, 0.15) is 12.4 Å². The summed E-state index contributed by atoms with van der Waals surface area (Å²) in [5.74, 6) is 0.548. The van der Waals surface area contributed by atoms with E-state index in [1.54, 1.807) is 13.3 Å². The smallest absolute Gasteiger partial charge is 0.129 e. The van der Waals surface area contributed by atoms with Crippen molar-refractivity contribution < 1.29 is 4.74 Å². The van der Waals surface area contributed by atoms with Crippen molar-refractivity contribution >= 4 is 6.21 Å². The Balaban J connectivity index is 0.00000154. The molecular weight excluding hydrogens is 236 g/mol. The summed E-state index contributed by atoms with van der Waals surface area (Å²) >= 11 is 0. The van der Waals surface area contributed by atoms with E-state index >= 15 is 0 Å². The van der Waals surface area contributed by atoms with Crippen molar-refractivity contribution in [3.05, 3.63) is 60.9 Å². The highest BCUT2D eigenvalue weighted by Gasteiger charge is 2.05. The monoisotopic (exact) mass is 260 g/mol. The normalized spacial score (nSPS) is 11.5. The SMILES string of the molecule is C=C.C=C(C=NC)OCC(N)Cc1ccc(C)cc1. The van der Waals surface area contributed by atoms with Crippen molar-refractivity contribution in [2.45, 2.75) is 19.4 Å². The van der Waals surface area contributed by atoms with Gasteiger partial charge in [-0.05, 0) is 18.9 Å².